The predicted molar refractivity (Wildman–Crippen MR) is 170 cm³/mol. The van der Waals surface area contributed by atoms with Gasteiger partial charge in [0.15, 0.2) is 11.4 Å². The van der Waals surface area contributed by atoms with Gasteiger partial charge in [0.05, 0.1) is 0 Å². The molecule has 2 aromatic heterocycles. The number of pyridine rings is 1. The molecular weight excluding hydrogens is 494 g/mol. The first-order chi connectivity index (χ1) is 19.2. The Morgan fingerprint density at radius 1 is 1.02 bits per heavy atom. The second-order valence-electron chi connectivity index (χ2n) is 11.3. The molecule has 0 spiro atoms. The number of aromatic nitrogens is 3. The fraction of sp³-hybridized carbons (Fsp3) is 0.559. The first-order valence-electron chi connectivity index (χ1n) is 15.2. The topological polar surface area (TPSA) is 62.5 Å². The first-order valence-corrected chi connectivity index (χ1v) is 15.2. The molecule has 1 N–H and O–H groups in total. The Hall–Kier alpha value is -2.83. The lowest BCUT2D eigenvalue weighted by Crippen LogP contribution is -2.32. The Labute approximate surface area is 243 Å². The summed E-state index contributed by atoms with van der Waals surface area (Å²) in [5.74, 6) is 3.38. The Morgan fingerprint density at radius 3 is 2.20 bits per heavy atom. The fourth-order valence-electron chi connectivity index (χ4n) is 4.93. The van der Waals surface area contributed by atoms with E-state index in [2.05, 4.69) is 67.2 Å². The maximum atomic E-state index is 10.9. The molecule has 0 amide bonds. The number of fused-ring (bicyclic) bond motifs is 1. The van der Waals surface area contributed by atoms with E-state index in [1.165, 1.54) is 42.6 Å². The molecule has 220 valence electrons. The van der Waals surface area contributed by atoms with Crippen molar-refractivity contribution in [2.24, 2.45) is 11.8 Å². The van der Waals surface area contributed by atoms with Gasteiger partial charge in [0, 0.05) is 23.9 Å². The Balaban J connectivity index is 0.000000210. The van der Waals surface area contributed by atoms with E-state index in [1.807, 2.05) is 61.8 Å². The average molecular weight is 548 g/mol. The number of nitrogens with zero attached hydrogens (tertiary/aromatic N) is 4. The van der Waals surface area contributed by atoms with E-state index in [0.29, 0.717) is 5.92 Å². The molecule has 2 aliphatic heterocycles. The largest absolute Gasteiger partial charge is 0.313 e. The smallest absolute Gasteiger partial charge is 0.163 e. The Morgan fingerprint density at radius 2 is 1.68 bits per heavy atom. The molecule has 0 saturated carbocycles. The van der Waals surface area contributed by atoms with Crippen molar-refractivity contribution in [3.05, 3.63) is 71.2 Å². The molecule has 0 aliphatic carbocycles. The van der Waals surface area contributed by atoms with Crippen LogP contribution in [0.1, 0.15) is 101 Å². The average Bonchev–Trinajstić information content (AvgIpc) is 3.36. The number of Topliss-reactive ketones (excluding diaryl/α,β-unsaturated/α-hetero) is 1. The summed E-state index contributed by atoms with van der Waals surface area (Å²) in [4.78, 5) is 17.8. The zero-order valence-corrected chi connectivity index (χ0v) is 26.5. The van der Waals surface area contributed by atoms with Crippen molar-refractivity contribution in [1.29, 1.82) is 0 Å². The molecule has 1 aromatic carbocycles. The minimum atomic E-state index is 0.130. The molecular formula is C34H53N5O. The number of hydrogen-bond donors (Lipinski definition) is 1. The predicted octanol–water partition coefficient (Wildman–Crippen LogP) is 7.44. The van der Waals surface area contributed by atoms with Gasteiger partial charge in [0.2, 0.25) is 0 Å². The lowest BCUT2D eigenvalue weighted by atomic mass is 9.87. The van der Waals surface area contributed by atoms with Crippen LogP contribution in [0.5, 0.6) is 0 Å². The van der Waals surface area contributed by atoms with Crippen LogP contribution in [0.3, 0.4) is 0 Å². The molecule has 0 radical (unpaired) electrons. The highest BCUT2D eigenvalue weighted by atomic mass is 16.1. The van der Waals surface area contributed by atoms with E-state index >= 15 is 0 Å². The number of ketones is 1. The van der Waals surface area contributed by atoms with Gasteiger partial charge in [0.25, 0.3) is 0 Å². The van der Waals surface area contributed by atoms with Crippen LogP contribution in [-0.2, 0) is 0 Å². The van der Waals surface area contributed by atoms with Crippen molar-refractivity contribution in [2.75, 3.05) is 33.2 Å². The van der Waals surface area contributed by atoms with Crippen LogP contribution in [0.4, 0.5) is 0 Å². The SMILES string of the molecule is CC.CC(=O)c1ccc(C(C)C)cc1.CC(C)C1CCN(C)CC1.Cc1nc2c(C3=CCNCC3)cccn2n1. The van der Waals surface area contributed by atoms with Crippen LogP contribution in [0.15, 0.2) is 48.7 Å². The number of hydrogen-bond acceptors (Lipinski definition) is 5. The van der Waals surface area contributed by atoms with Gasteiger partial charge >= 0.3 is 0 Å². The van der Waals surface area contributed by atoms with Gasteiger partial charge in [-0.1, -0.05) is 71.9 Å². The first kappa shape index (κ1) is 33.4. The van der Waals surface area contributed by atoms with Crippen molar-refractivity contribution in [2.45, 2.75) is 80.6 Å². The summed E-state index contributed by atoms with van der Waals surface area (Å²) in [5, 5.41) is 7.65. The summed E-state index contributed by atoms with van der Waals surface area (Å²) >= 11 is 0. The number of rotatable bonds is 4. The van der Waals surface area contributed by atoms with E-state index in [1.54, 1.807) is 6.92 Å². The van der Waals surface area contributed by atoms with Gasteiger partial charge < -0.3 is 10.2 Å². The number of aryl methyl sites for hydroxylation is 1. The van der Waals surface area contributed by atoms with Gasteiger partial charge in [-0.15, -0.1) is 0 Å². The second kappa shape index (κ2) is 17.1. The molecule has 4 heterocycles. The molecule has 6 heteroatoms. The number of likely N-dealkylation sites (tertiary alicyclic amines) is 1. The standard InChI is InChI=1S/C12H14N4.C11H14O.C9H19N.C2H6/c1-9-14-12-11(3-2-8-16(12)15-9)10-4-6-13-7-5-10;1-8(2)10-4-6-11(7-5-10)9(3)12;1-8(2)9-4-6-10(3)7-5-9;1-2/h2-4,8,13H,5-7H2,1H3;4-8H,1-3H3;8-9H,4-7H2,1-3H3;1-2H3. The quantitative estimate of drug-likeness (QED) is 0.344. The number of benzene rings is 1. The Bertz CT molecular complexity index is 1180. The Kier molecular flexibility index (Phi) is 14.3. The van der Waals surface area contributed by atoms with Crippen molar-refractivity contribution in [1.82, 2.24) is 24.8 Å². The highest BCUT2D eigenvalue weighted by Gasteiger charge is 2.18. The highest BCUT2D eigenvalue weighted by Crippen LogP contribution is 2.24. The zero-order valence-electron chi connectivity index (χ0n) is 26.5. The molecule has 40 heavy (non-hydrogen) atoms. The normalized spacial score (nSPS) is 15.8. The van der Waals surface area contributed by atoms with E-state index in [0.717, 1.165) is 48.4 Å². The molecule has 0 bridgehead atoms. The third-order valence-corrected chi connectivity index (χ3v) is 7.57. The molecule has 5 rings (SSSR count). The number of piperidine rings is 1. The van der Waals surface area contributed by atoms with Crippen molar-refractivity contribution >= 4 is 17.0 Å². The highest BCUT2D eigenvalue weighted by molar-refractivity contribution is 5.94. The molecule has 3 aromatic rings. The van der Waals surface area contributed by atoms with Crippen LogP contribution < -0.4 is 5.32 Å². The molecule has 1 saturated heterocycles. The van der Waals surface area contributed by atoms with Gasteiger partial charge in [-0.05, 0) is 101 Å². The van der Waals surface area contributed by atoms with Crippen LogP contribution >= 0.6 is 0 Å². The van der Waals surface area contributed by atoms with Crippen LogP contribution in [0, 0.1) is 18.8 Å². The summed E-state index contributed by atoms with van der Waals surface area (Å²) in [6, 6.07) is 12.0. The summed E-state index contributed by atoms with van der Waals surface area (Å²) < 4.78 is 1.85. The third-order valence-electron chi connectivity index (χ3n) is 7.57. The molecule has 1 fully saturated rings. The van der Waals surface area contributed by atoms with Gasteiger partial charge in [-0.25, -0.2) is 9.50 Å². The van der Waals surface area contributed by atoms with Crippen LogP contribution in [0.2, 0.25) is 0 Å². The van der Waals surface area contributed by atoms with Crippen LogP contribution in [-0.4, -0.2) is 58.5 Å². The molecule has 0 atom stereocenters. The maximum Gasteiger partial charge on any atom is 0.163 e. The summed E-state index contributed by atoms with van der Waals surface area (Å²) in [6.45, 7) is 21.1. The van der Waals surface area contributed by atoms with Crippen LogP contribution in [0.25, 0.3) is 11.2 Å². The summed E-state index contributed by atoms with van der Waals surface area (Å²) in [7, 11) is 2.22. The minimum Gasteiger partial charge on any atom is -0.313 e. The van der Waals surface area contributed by atoms with Crippen molar-refractivity contribution < 1.29 is 4.79 Å². The summed E-state index contributed by atoms with van der Waals surface area (Å²) in [6.07, 6.45) is 8.07. The molecule has 6 nitrogen and oxygen atoms in total. The van der Waals surface area contributed by atoms with E-state index in [9.17, 15) is 4.79 Å². The lowest BCUT2D eigenvalue weighted by Gasteiger charge is -2.31. The zero-order chi connectivity index (χ0) is 29.7. The number of carbonyl (C=O) groups excluding carboxylic acids is 1. The summed E-state index contributed by atoms with van der Waals surface area (Å²) in [5.41, 5.74) is 5.62. The van der Waals surface area contributed by atoms with Gasteiger partial charge in [-0.2, -0.15) is 5.10 Å². The minimum absolute atomic E-state index is 0.130. The number of nitrogens with one attached hydrogen (secondary N) is 1. The molecule has 0 unspecified atom stereocenters. The number of carbonyl (C=O) groups is 1. The maximum absolute atomic E-state index is 10.9. The van der Waals surface area contributed by atoms with E-state index in [-0.39, 0.29) is 5.78 Å². The van der Waals surface area contributed by atoms with Gasteiger partial charge in [-0.3, -0.25) is 4.79 Å². The third kappa shape index (κ3) is 10.3. The van der Waals surface area contributed by atoms with E-state index in [4.69, 9.17) is 0 Å². The fourth-order valence-corrected chi connectivity index (χ4v) is 4.93. The monoisotopic (exact) mass is 547 g/mol. The lowest BCUT2D eigenvalue weighted by molar-refractivity contribution is 0.101. The van der Waals surface area contributed by atoms with E-state index < -0.39 is 0 Å². The van der Waals surface area contributed by atoms with Crippen molar-refractivity contribution in [3.8, 4) is 0 Å². The second-order valence-corrected chi connectivity index (χ2v) is 11.3. The van der Waals surface area contributed by atoms with Crippen molar-refractivity contribution in [3.63, 3.8) is 0 Å². The molecule has 2 aliphatic rings. The van der Waals surface area contributed by atoms with Gasteiger partial charge in [0.1, 0.15) is 5.82 Å².